The molecule has 2 aromatic rings. The molecule has 0 atom stereocenters. The largest absolute Gasteiger partial charge is 0.506 e. The van der Waals surface area contributed by atoms with Crippen LogP contribution in [0.15, 0.2) is 45.8 Å². The number of phenols is 1. The molecule has 0 aromatic heterocycles. The van der Waals surface area contributed by atoms with Crippen LogP contribution in [0.3, 0.4) is 0 Å². The van der Waals surface area contributed by atoms with Crippen molar-refractivity contribution in [3.8, 4) is 11.5 Å². The van der Waals surface area contributed by atoms with Gasteiger partial charge in [0.2, 0.25) is 0 Å². The van der Waals surface area contributed by atoms with Crippen molar-refractivity contribution in [1.82, 2.24) is 0 Å². The molecular weight excluding hydrogens is 365 g/mol. The van der Waals surface area contributed by atoms with E-state index in [1.807, 2.05) is 0 Å². The van der Waals surface area contributed by atoms with Crippen molar-refractivity contribution in [3.63, 3.8) is 0 Å². The van der Waals surface area contributed by atoms with Gasteiger partial charge in [-0.15, -0.1) is 0 Å². The molecule has 0 amide bonds. The number of hydrogen-bond donors (Lipinski definition) is 2. The van der Waals surface area contributed by atoms with E-state index in [9.17, 15) is 17.9 Å². The van der Waals surface area contributed by atoms with Gasteiger partial charge < -0.3 is 9.84 Å². The van der Waals surface area contributed by atoms with E-state index in [2.05, 4.69) is 20.7 Å². The number of phenolic OH excluding ortho intramolecular Hbond substituents is 1. The van der Waals surface area contributed by atoms with Gasteiger partial charge in [-0.05, 0) is 30.3 Å². The van der Waals surface area contributed by atoms with Crippen LogP contribution in [0.5, 0.6) is 11.5 Å². The van der Waals surface area contributed by atoms with Crippen LogP contribution in [-0.2, 0) is 10.0 Å². The molecule has 0 aliphatic rings. The number of sulfonamides is 1. The molecule has 2 rings (SSSR count). The zero-order valence-electron chi connectivity index (χ0n) is 10.8. The van der Waals surface area contributed by atoms with Crippen LogP contribution in [0.1, 0.15) is 0 Å². The van der Waals surface area contributed by atoms with E-state index in [-0.39, 0.29) is 11.4 Å². The van der Waals surface area contributed by atoms with Gasteiger partial charge in [-0.3, -0.25) is 4.72 Å². The Labute approximate surface area is 129 Å². The third-order valence-electron chi connectivity index (χ3n) is 2.63. The molecule has 0 radical (unpaired) electrons. The second kappa shape index (κ2) is 5.90. The van der Waals surface area contributed by atoms with Crippen LogP contribution in [0.4, 0.5) is 10.1 Å². The average molecular weight is 376 g/mol. The molecule has 2 N–H and O–H groups in total. The zero-order chi connectivity index (χ0) is 15.6. The van der Waals surface area contributed by atoms with E-state index >= 15 is 0 Å². The minimum absolute atomic E-state index is 0.100. The molecule has 0 saturated heterocycles. The van der Waals surface area contributed by atoms with Gasteiger partial charge in [-0.25, -0.2) is 12.8 Å². The summed E-state index contributed by atoms with van der Waals surface area (Å²) < 4.78 is 45.6. The van der Waals surface area contributed by atoms with E-state index in [1.165, 1.54) is 31.4 Å². The number of hydrogen-bond acceptors (Lipinski definition) is 4. The maximum absolute atomic E-state index is 13.8. The van der Waals surface area contributed by atoms with Crippen molar-refractivity contribution in [2.24, 2.45) is 0 Å². The number of rotatable bonds is 4. The molecular formula is C13H11BrFNO4S. The van der Waals surface area contributed by atoms with Crippen molar-refractivity contribution in [1.29, 1.82) is 0 Å². The standard InChI is InChI=1S/C13H11BrFNO4S/c1-20-9-3-4-12(17)11(7-9)16-21(18,19)13-5-2-8(14)6-10(13)15/h2-7,16-17H,1H3. The number of ether oxygens (including phenoxy) is 1. The number of methoxy groups -OCH3 is 1. The molecule has 21 heavy (non-hydrogen) atoms. The first-order chi connectivity index (χ1) is 9.83. The summed E-state index contributed by atoms with van der Waals surface area (Å²) in [5, 5.41) is 9.67. The van der Waals surface area contributed by atoms with E-state index in [4.69, 9.17) is 4.74 Å². The third-order valence-corrected chi connectivity index (χ3v) is 4.52. The van der Waals surface area contributed by atoms with Gasteiger partial charge in [0.1, 0.15) is 22.2 Å². The Bertz CT molecular complexity index is 780. The van der Waals surface area contributed by atoms with Crippen LogP contribution in [-0.4, -0.2) is 20.6 Å². The number of anilines is 1. The number of aromatic hydroxyl groups is 1. The predicted octanol–water partition coefficient (Wildman–Crippen LogP) is 3.10. The summed E-state index contributed by atoms with van der Waals surface area (Å²) in [5.74, 6) is -0.849. The molecule has 0 bridgehead atoms. The molecule has 2 aromatic carbocycles. The summed E-state index contributed by atoms with van der Waals surface area (Å²) in [5.41, 5.74) is -0.100. The van der Waals surface area contributed by atoms with Crippen molar-refractivity contribution < 1.29 is 22.7 Å². The van der Waals surface area contributed by atoms with Crippen molar-refractivity contribution in [3.05, 3.63) is 46.7 Å². The van der Waals surface area contributed by atoms with Crippen LogP contribution in [0.2, 0.25) is 0 Å². The van der Waals surface area contributed by atoms with Gasteiger partial charge in [0.15, 0.2) is 0 Å². The Kier molecular flexibility index (Phi) is 4.38. The normalized spacial score (nSPS) is 11.2. The lowest BCUT2D eigenvalue weighted by atomic mass is 10.3. The minimum atomic E-state index is -4.17. The fourth-order valence-electron chi connectivity index (χ4n) is 1.62. The van der Waals surface area contributed by atoms with Crippen molar-refractivity contribution >= 4 is 31.6 Å². The van der Waals surface area contributed by atoms with Gasteiger partial charge in [-0.2, -0.15) is 0 Å². The Morgan fingerprint density at radius 1 is 1.24 bits per heavy atom. The smallest absolute Gasteiger partial charge is 0.264 e. The Morgan fingerprint density at radius 2 is 1.95 bits per heavy atom. The molecule has 0 fully saturated rings. The number of nitrogens with one attached hydrogen (secondary N) is 1. The maximum atomic E-state index is 13.8. The second-order valence-corrected chi connectivity index (χ2v) is 6.63. The maximum Gasteiger partial charge on any atom is 0.264 e. The van der Waals surface area contributed by atoms with E-state index in [0.29, 0.717) is 10.2 Å². The average Bonchev–Trinajstić information content (AvgIpc) is 2.40. The fourth-order valence-corrected chi connectivity index (χ4v) is 3.08. The van der Waals surface area contributed by atoms with Gasteiger partial charge in [-0.1, -0.05) is 15.9 Å². The first-order valence-electron chi connectivity index (χ1n) is 5.68. The van der Waals surface area contributed by atoms with Crippen molar-refractivity contribution in [2.45, 2.75) is 4.90 Å². The van der Waals surface area contributed by atoms with Crippen LogP contribution >= 0.6 is 15.9 Å². The summed E-state index contributed by atoms with van der Waals surface area (Å²) in [6, 6.07) is 7.60. The molecule has 112 valence electrons. The number of benzene rings is 2. The minimum Gasteiger partial charge on any atom is -0.506 e. The summed E-state index contributed by atoms with van der Waals surface area (Å²) in [4.78, 5) is -0.520. The first kappa shape index (κ1) is 15.6. The lowest BCUT2D eigenvalue weighted by Crippen LogP contribution is -2.14. The predicted molar refractivity (Wildman–Crippen MR) is 79.6 cm³/mol. The molecule has 8 heteroatoms. The highest BCUT2D eigenvalue weighted by Crippen LogP contribution is 2.30. The molecule has 0 unspecified atom stereocenters. The van der Waals surface area contributed by atoms with E-state index < -0.39 is 20.7 Å². The second-order valence-electron chi connectivity index (χ2n) is 4.06. The SMILES string of the molecule is COc1ccc(O)c(NS(=O)(=O)c2ccc(Br)cc2F)c1. The van der Waals surface area contributed by atoms with Crippen LogP contribution in [0.25, 0.3) is 0 Å². The van der Waals surface area contributed by atoms with Gasteiger partial charge in [0.25, 0.3) is 10.0 Å². The van der Waals surface area contributed by atoms with E-state index in [1.54, 1.807) is 0 Å². The summed E-state index contributed by atoms with van der Waals surface area (Å²) in [6.45, 7) is 0. The zero-order valence-corrected chi connectivity index (χ0v) is 13.2. The Hall–Kier alpha value is -1.80. The topological polar surface area (TPSA) is 75.6 Å². The molecule has 5 nitrogen and oxygen atoms in total. The van der Waals surface area contributed by atoms with Crippen LogP contribution in [0, 0.1) is 5.82 Å². The molecule has 0 saturated carbocycles. The summed E-state index contributed by atoms with van der Waals surface area (Å²) in [7, 11) is -2.77. The summed E-state index contributed by atoms with van der Waals surface area (Å²) in [6.07, 6.45) is 0. The van der Waals surface area contributed by atoms with Gasteiger partial charge >= 0.3 is 0 Å². The van der Waals surface area contributed by atoms with Gasteiger partial charge in [0, 0.05) is 10.5 Å². The fraction of sp³-hybridized carbons (Fsp3) is 0.0769. The lowest BCUT2D eigenvalue weighted by Gasteiger charge is -2.11. The highest BCUT2D eigenvalue weighted by atomic mass is 79.9. The quantitative estimate of drug-likeness (QED) is 0.805. The first-order valence-corrected chi connectivity index (χ1v) is 7.96. The molecule has 0 aliphatic heterocycles. The van der Waals surface area contributed by atoms with E-state index in [0.717, 1.165) is 12.1 Å². The van der Waals surface area contributed by atoms with Gasteiger partial charge in [0.05, 0.1) is 12.8 Å². The Morgan fingerprint density at radius 3 is 2.57 bits per heavy atom. The Balaban J connectivity index is 2.42. The molecule has 0 heterocycles. The summed E-state index contributed by atoms with van der Waals surface area (Å²) >= 11 is 3.05. The third kappa shape index (κ3) is 3.45. The lowest BCUT2D eigenvalue weighted by molar-refractivity contribution is 0.413. The highest BCUT2D eigenvalue weighted by molar-refractivity contribution is 9.10. The van der Waals surface area contributed by atoms with Crippen molar-refractivity contribution in [2.75, 3.05) is 11.8 Å². The monoisotopic (exact) mass is 375 g/mol. The molecule has 0 aliphatic carbocycles. The van der Waals surface area contributed by atoms with Crippen LogP contribution < -0.4 is 9.46 Å². The molecule has 0 spiro atoms. The number of halogens is 2. The highest BCUT2D eigenvalue weighted by Gasteiger charge is 2.21.